The Morgan fingerprint density at radius 1 is 1.61 bits per heavy atom. The predicted molar refractivity (Wildman–Crippen MR) is 78.5 cm³/mol. The Morgan fingerprint density at radius 3 is 2.72 bits per heavy atom. The molecule has 0 aromatic rings. The van der Waals surface area contributed by atoms with Gasteiger partial charge in [0.05, 0.1) is 11.1 Å². The number of allylic oxidation sites excluding steroid dienone is 3. The Labute approximate surface area is 119 Å². The van der Waals surface area contributed by atoms with Gasteiger partial charge in [-0.25, -0.2) is 0 Å². The second kappa shape index (κ2) is 6.05. The first-order valence-electron chi connectivity index (χ1n) is 6.53. The van der Waals surface area contributed by atoms with Gasteiger partial charge < -0.3 is 4.74 Å². The number of halogens is 1. The van der Waals surface area contributed by atoms with Crippen molar-refractivity contribution in [3.05, 3.63) is 22.4 Å². The molecule has 0 spiro atoms. The topological polar surface area (TPSA) is 26.3 Å². The van der Waals surface area contributed by atoms with Crippen molar-refractivity contribution in [2.24, 2.45) is 11.3 Å². The fourth-order valence-corrected chi connectivity index (χ4v) is 3.05. The minimum atomic E-state index is -0.307. The van der Waals surface area contributed by atoms with Gasteiger partial charge in [0.1, 0.15) is 5.76 Å². The zero-order valence-electron chi connectivity index (χ0n) is 11.8. The molecule has 1 rings (SSSR count). The van der Waals surface area contributed by atoms with Crippen molar-refractivity contribution in [1.82, 2.24) is 0 Å². The van der Waals surface area contributed by atoms with Crippen molar-refractivity contribution in [1.29, 1.82) is 0 Å². The van der Waals surface area contributed by atoms with E-state index in [1.54, 1.807) is 0 Å². The van der Waals surface area contributed by atoms with Crippen LogP contribution in [0.5, 0.6) is 0 Å². The Morgan fingerprint density at radius 2 is 2.22 bits per heavy atom. The quantitative estimate of drug-likeness (QED) is 0.693. The van der Waals surface area contributed by atoms with Crippen LogP contribution in [0.3, 0.4) is 0 Å². The highest BCUT2D eigenvalue weighted by atomic mass is 79.9. The standard InChI is InChI=1S/C15H23BrO2/c1-6-18-12-9-11(4)15(5,8-7-10(2)3)14(17)13(12)16/h11H,2,6-9H2,1,3-5H3/t11-,15-/m1/s1. The molecule has 1 aliphatic rings. The van der Waals surface area contributed by atoms with Gasteiger partial charge in [0, 0.05) is 11.8 Å². The molecule has 0 bridgehead atoms. The maximum absolute atomic E-state index is 12.5. The van der Waals surface area contributed by atoms with Gasteiger partial charge >= 0.3 is 0 Å². The monoisotopic (exact) mass is 314 g/mol. The molecule has 2 atom stereocenters. The van der Waals surface area contributed by atoms with Gasteiger partial charge in [-0.2, -0.15) is 0 Å². The molecule has 0 saturated carbocycles. The molecule has 0 heterocycles. The Kier molecular flexibility index (Phi) is 5.20. The van der Waals surface area contributed by atoms with E-state index in [9.17, 15) is 4.79 Å². The van der Waals surface area contributed by atoms with E-state index in [1.165, 1.54) is 0 Å². The lowest BCUT2D eigenvalue weighted by molar-refractivity contribution is -0.127. The van der Waals surface area contributed by atoms with Crippen LogP contribution in [-0.4, -0.2) is 12.4 Å². The number of hydrogen-bond acceptors (Lipinski definition) is 2. The zero-order valence-corrected chi connectivity index (χ0v) is 13.4. The summed E-state index contributed by atoms with van der Waals surface area (Å²) in [4.78, 5) is 12.5. The van der Waals surface area contributed by atoms with Crippen LogP contribution >= 0.6 is 15.9 Å². The SMILES string of the molecule is C=C(C)CC[C@@]1(C)C(=O)C(Br)=C(OCC)C[C@H]1C. The summed E-state index contributed by atoms with van der Waals surface area (Å²) in [5, 5.41) is 0. The maximum Gasteiger partial charge on any atom is 0.179 e. The zero-order chi connectivity index (χ0) is 13.9. The lowest BCUT2D eigenvalue weighted by Gasteiger charge is -2.38. The van der Waals surface area contributed by atoms with Crippen LogP contribution in [0.4, 0.5) is 0 Å². The van der Waals surface area contributed by atoms with Gasteiger partial charge in [-0.1, -0.05) is 19.4 Å². The first-order valence-corrected chi connectivity index (χ1v) is 7.32. The summed E-state index contributed by atoms with van der Waals surface area (Å²) in [6.07, 6.45) is 2.58. The summed E-state index contributed by atoms with van der Waals surface area (Å²) in [5.74, 6) is 1.28. The second-order valence-corrected chi connectivity index (χ2v) is 6.27. The molecule has 1 aliphatic carbocycles. The molecule has 3 heteroatoms. The molecule has 102 valence electrons. The lowest BCUT2D eigenvalue weighted by Crippen LogP contribution is -2.39. The van der Waals surface area contributed by atoms with Crippen LogP contribution in [0, 0.1) is 11.3 Å². The Bertz CT molecular complexity index is 384. The minimum Gasteiger partial charge on any atom is -0.497 e. The van der Waals surface area contributed by atoms with Crippen LogP contribution < -0.4 is 0 Å². The summed E-state index contributed by atoms with van der Waals surface area (Å²) in [7, 11) is 0. The van der Waals surface area contributed by atoms with Gasteiger partial charge in [-0.3, -0.25) is 4.79 Å². The average Bonchev–Trinajstić information content (AvgIpc) is 2.31. The third kappa shape index (κ3) is 3.05. The molecule has 0 unspecified atom stereocenters. The third-order valence-electron chi connectivity index (χ3n) is 3.93. The molecule has 0 fully saturated rings. The van der Waals surface area contributed by atoms with E-state index < -0.39 is 0 Å². The highest BCUT2D eigenvalue weighted by Gasteiger charge is 2.44. The molecule has 18 heavy (non-hydrogen) atoms. The highest BCUT2D eigenvalue weighted by Crippen LogP contribution is 2.46. The van der Waals surface area contributed by atoms with E-state index in [1.807, 2.05) is 13.8 Å². The van der Waals surface area contributed by atoms with E-state index in [2.05, 4.69) is 36.4 Å². The average molecular weight is 315 g/mol. The van der Waals surface area contributed by atoms with Gasteiger partial charge in [0.2, 0.25) is 0 Å². The van der Waals surface area contributed by atoms with E-state index in [0.717, 1.165) is 30.6 Å². The van der Waals surface area contributed by atoms with Crippen molar-refractivity contribution in [2.75, 3.05) is 6.61 Å². The highest BCUT2D eigenvalue weighted by molar-refractivity contribution is 9.12. The number of rotatable bonds is 5. The number of Topliss-reactive ketones (excluding diaryl/α,β-unsaturated/α-hetero) is 1. The van der Waals surface area contributed by atoms with Crippen LogP contribution in [0.1, 0.15) is 47.0 Å². The molecule has 0 aliphatic heterocycles. The van der Waals surface area contributed by atoms with Gasteiger partial charge in [-0.15, -0.1) is 6.58 Å². The van der Waals surface area contributed by atoms with E-state index in [-0.39, 0.29) is 11.2 Å². The molecule has 0 saturated heterocycles. The first-order chi connectivity index (χ1) is 8.32. The lowest BCUT2D eigenvalue weighted by atomic mass is 9.66. The van der Waals surface area contributed by atoms with Crippen molar-refractivity contribution >= 4 is 21.7 Å². The molecular weight excluding hydrogens is 292 g/mol. The van der Waals surface area contributed by atoms with Crippen LogP contribution in [0.2, 0.25) is 0 Å². The van der Waals surface area contributed by atoms with Crippen molar-refractivity contribution in [3.8, 4) is 0 Å². The van der Waals surface area contributed by atoms with Gasteiger partial charge in [-0.05, 0) is 48.5 Å². The summed E-state index contributed by atoms with van der Waals surface area (Å²) in [5.41, 5.74) is 0.824. The maximum atomic E-state index is 12.5. The van der Waals surface area contributed by atoms with Crippen molar-refractivity contribution < 1.29 is 9.53 Å². The molecule has 0 N–H and O–H groups in total. The predicted octanol–water partition coefficient (Wildman–Crippen LogP) is 4.60. The Hall–Kier alpha value is -0.570. The first kappa shape index (κ1) is 15.5. The number of hydrogen-bond donors (Lipinski definition) is 0. The van der Waals surface area contributed by atoms with E-state index >= 15 is 0 Å². The summed E-state index contributed by atoms with van der Waals surface area (Å²) in [6, 6.07) is 0. The van der Waals surface area contributed by atoms with Crippen LogP contribution in [0.25, 0.3) is 0 Å². The molecule has 0 amide bonds. The van der Waals surface area contributed by atoms with Gasteiger partial charge in [0.15, 0.2) is 5.78 Å². The van der Waals surface area contributed by atoms with E-state index in [0.29, 0.717) is 17.0 Å². The fourth-order valence-electron chi connectivity index (χ4n) is 2.32. The fraction of sp³-hybridized carbons (Fsp3) is 0.667. The number of carbonyl (C=O) groups is 1. The molecule has 0 radical (unpaired) electrons. The Balaban J connectivity index is 2.96. The molecule has 0 aromatic carbocycles. The number of ketones is 1. The molecular formula is C15H23BrO2. The largest absolute Gasteiger partial charge is 0.497 e. The summed E-state index contributed by atoms with van der Waals surface area (Å²) in [6.45, 7) is 12.7. The third-order valence-corrected chi connectivity index (χ3v) is 4.73. The van der Waals surface area contributed by atoms with E-state index in [4.69, 9.17) is 4.74 Å². The van der Waals surface area contributed by atoms with Crippen LogP contribution in [-0.2, 0) is 9.53 Å². The second-order valence-electron chi connectivity index (χ2n) is 5.48. The van der Waals surface area contributed by atoms with Crippen LogP contribution in [0.15, 0.2) is 22.4 Å². The van der Waals surface area contributed by atoms with Crippen molar-refractivity contribution in [3.63, 3.8) is 0 Å². The molecule has 2 nitrogen and oxygen atoms in total. The number of carbonyl (C=O) groups excluding carboxylic acids is 1. The van der Waals surface area contributed by atoms with Gasteiger partial charge in [0.25, 0.3) is 0 Å². The van der Waals surface area contributed by atoms with Crippen molar-refractivity contribution in [2.45, 2.75) is 47.0 Å². The normalized spacial score (nSPS) is 28.5. The smallest absolute Gasteiger partial charge is 0.179 e. The number of ether oxygens (including phenoxy) is 1. The summed E-state index contributed by atoms with van der Waals surface area (Å²) < 4.78 is 6.18. The summed E-state index contributed by atoms with van der Waals surface area (Å²) >= 11 is 3.41. The minimum absolute atomic E-state index is 0.172. The molecule has 0 aromatic heterocycles.